The van der Waals surface area contributed by atoms with E-state index in [0.29, 0.717) is 12.5 Å². The molecule has 3 nitrogen and oxygen atoms in total. The molecule has 92 valence electrons. The van der Waals surface area contributed by atoms with Crippen molar-refractivity contribution in [2.75, 3.05) is 19.0 Å². The molecule has 1 amide bonds. The summed E-state index contributed by atoms with van der Waals surface area (Å²) in [7, 11) is 0. The second kappa shape index (κ2) is 5.41. The number of hydrogen-bond acceptors (Lipinski definition) is 2. The monoisotopic (exact) mass is 253 g/mol. The van der Waals surface area contributed by atoms with Crippen molar-refractivity contribution in [3.63, 3.8) is 0 Å². The summed E-state index contributed by atoms with van der Waals surface area (Å²) in [6.45, 7) is 1.50. The number of aromatic hydroxyl groups is 1. The fourth-order valence-corrected chi connectivity index (χ4v) is 2.51. The number of likely N-dealkylation sites (tertiary alicyclic amines) is 1. The molecule has 1 saturated heterocycles. The molecule has 4 heteroatoms. The second-order valence-electron chi connectivity index (χ2n) is 4.41. The first kappa shape index (κ1) is 12.2. The largest absolute Gasteiger partial charge is 0.508 e. The number of phenolic OH excluding ortho intramolecular Hbond substituents is 1. The quantitative estimate of drug-likeness (QED) is 0.822. The smallest absolute Gasteiger partial charge is 0.237 e. The number of carbonyl (C=O) groups is 1. The van der Waals surface area contributed by atoms with Crippen LogP contribution in [0.2, 0.25) is 0 Å². The Bertz CT molecular complexity index is 408. The SMILES string of the molecule is O=C(CCl)N1CCC[C@@H](c2cccc(O)c2)C1. The number of hydrogen-bond donors (Lipinski definition) is 1. The molecule has 1 aliphatic heterocycles. The normalized spacial score (nSPS) is 20.3. The molecule has 1 atom stereocenters. The predicted molar refractivity (Wildman–Crippen MR) is 67.4 cm³/mol. The zero-order chi connectivity index (χ0) is 12.3. The van der Waals surface area contributed by atoms with Crippen LogP contribution in [0.5, 0.6) is 5.75 Å². The van der Waals surface area contributed by atoms with E-state index in [1.807, 2.05) is 17.0 Å². The Kier molecular flexibility index (Phi) is 3.89. The average molecular weight is 254 g/mol. The van der Waals surface area contributed by atoms with Gasteiger partial charge in [-0.05, 0) is 30.5 Å². The zero-order valence-electron chi connectivity index (χ0n) is 9.60. The molecule has 1 N–H and O–H groups in total. The van der Waals surface area contributed by atoms with Gasteiger partial charge in [-0.1, -0.05) is 12.1 Å². The van der Waals surface area contributed by atoms with Crippen LogP contribution < -0.4 is 0 Å². The number of alkyl halides is 1. The van der Waals surface area contributed by atoms with Crippen LogP contribution in [0, 0.1) is 0 Å². The summed E-state index contributed by atoms with van der Waals surface area (Å²) in [5.41, 5.74) is 1.09. The van der Waals surface area contributed by atoms with Gasteiger partial charge in [0.1, 0.15) is 11.6 Å². The van der Waals surface area contributed by atoms with E-state index >= 15 is 0 Å². The number of carbonyl (C=O) groups excluding carboxylic acids is 1. The molecule has 0 saturated carbocycles. The fourth-order valence-electron chi connectivity index (χ4n) is 2.34. The third-order valence-corrected chi connectivity index (χ3v) is 3.46. The maximum Gasteiger partial charge on any atom is 0.237 e. The molecule has 0 radical (unpaired) electrons. The van der Waals surface area contributed by atoms with E-state index in [1.165, 1.54) is 0 Å². The van der Waals surface area contributed by atoms with E-state index < -0.39 is 0 Å². The zero-order valence-corrected chi connectivity index (χ0v) is 10.4. The third kappa shape index (κ3) is 2.91. The predicted octanol–water partition coefficient (Wildman–Crippen LogP) is 2.34. The molecule has 1 fully saturated rings. The minimum Gasteiger partial charge on any atom is -0.508 e. The van der Waals surface area contributed by atoms with E-state index in [0.717, 1.165) is 24.9 Å². The molecule has 0 aliphatic carbocycles. The van der Waals surface area contributed by atoms with Crippen LogP contribution in [0.3, 0.4) is 0 Å². The molecule has 0 spiro atoms. The first-order valence-electron chi connectivity index (χ1n) is 5.83. The number of amides is 1. The molecule has 1 aliphatic rings. The van der Waals surface area contributed by atoms with Crippen LogP contribution in [0.4, 0.5) is 0 Å². The number of piperidine rings is 1. The first-order valence-corrected chi connectivity index (χ1v) is 6.37. The minimum absolute atomic E-state index is 0.00322. The highest BCUT2D eigenvalue weighted by Crippen LogP contribution is 2.28. The van der Waals surface area contributed by atoms with Gasteiger partial charge in [-0.2, -0.15) is 0 Å². The number of benzene rings is 1. The van der Waals surface area contributed by atoms with E-state index in [4.69, 9.17) is 11.6 Å². The fraction of sp³-hybridized carbons (Fsp3) is 0.462. The molecule has 1 heterocycles. The Morgan fingerprint density at radius 3 is 3.06 bits per heavy atom. The van der Waals surface area contributed by atoms with Crippen LogP contribution in [0.1, 0.15) is 24.3 Å². The second-order valence-corrected chi connectivity index (χ2v) is 4.67. The lowest BCUT2D eigenvalue weighted by molar-refractivity contribution is -0.129. The molecule has 0 bridgehead atoms. The lowest BCUT2D eigenvalue weighted by atomic mass is 9.90. The van der Waals surface area contributed by atoms with Crippen molar-refractivity contribution in [2.24, 2.45) is 0 Å². The van der Waals surface area contributed by atoms with E-state index in [1.54, 1.807) is 12.1 Å². The van der Waals surface area contributed by atoms with Crippen LogP contribution >= 0.6 is 11.6 Å². The van der Waals surface area contributed by atoms with Crippen LogP contribution in [0.15, 0.2) is 24.3 Å². The van der Waals surface area contributed by atoms with E-state index in [-0.39, 0.29) is 17.5 Å². The molecular formula is C13H16ClNO2. The number of phenols is 1. The average Bonchev–Trinajstić information content (AvgIpc) is 2.38. The Morgan fingerprint density at radius 1 is 1.53 bits per heavy atom. The highest BCUT2D eigenvalue weighted by atomic mass is 35.5. The Morgan fingerprint density at radius 2 is 2.35 bits per heavy atom. The summed E-state index contributed by atoms with van der Waals surface area (Å²) < 4.78 is 0. The van der Waals surface area contributed by atoms with Gasteiger partial charge >= 0.3 is 0 Å². The van der Waals surface area contributed by atoms with Crippen molar-refractivity contribution in [2.45, 2.75) is 18.8 Å². The topological polar surface area (TPSA) is 40.5 Å². The molecular weight excluding hydrogens is 238 g/mol. The Labute approximate surface area is 106 Å². The first-order chi connectivity index (χ1) is 8.20. The molecule has 0 unspecified atom stereocenters. The summed E-state index contributed by atoms with van der Waals surface area (Å²) in [6, 6.07) is 7.28. The lowest BCUT2D eigenvalue weighted by Crippen LogP contribution is -2.39. The van der Waals surface area contributed by atoms with Gasteiger partial charge < -0.3 is 10.0 Å². The van der Waals surface area contributed by atoms with Gasteiger partial charge in [-0.25, -0.2) is 0 Å². The van der Waals surface area contributed by atoms with Crippen molar-refractivity contribution in [1.82, 2.24) is 4.90 Å². The summed E-state index contributed by atoms with van der Waals surface area (Å²) in [5, 5.41) is 9.46. The Hall–Kier alpha value is -1.22. The number of rotatable bonds is 2. The van der Waals surface area contributed by atoms with Crippen molar-refractivity contribution < 1.29 is 9.90 Å². The lowest BCUT2D eigenvalue weighted by Gasteiger charge is -2.32. The molecule has 1 aromatic carbocycles. The van der Waals surface area contributed by atoms with E-state index in [2.05, 4.69) is 0 Å². The van der Waals surface area contributed by atoms with Crippen LogP contribution in [-0.2, 0) is 4.79 Å². The highest BCUT2D eigenvalue weighted by molar-refractivity contribution is 6.27. The number of nitrogens with zero attached hydrogens (tertiary/aromatic N) is 1. The third-order valence-electron chi connectivity index (χ3n) is 3.23. The molecule has 0 aromatic heterocycles. The van der Waals surface area contributed by atoms with Gasteiger partial charge in [-0.3, -0.25) is 4.79 Å². The minimum atomic E-state index is -0.00322. The highest BCUT2D eigenvalue weighted by Gasteiger charge is 2.24. The van der Waals surface area contributed by atoms with Crippen LogP contribution in [0.25, 0.3) is 0 Å². The Balaban J connectivity index is 2.09. The molecule has 17 heavy (non-hydrogen) atoms. The van der Waals surface area contributed by atoms with Gasteiger partial charge in [0.05, 0.1) is 0 Å². The van der Waals surface area contributed by atoms with Crippen molar-refractivity contribution in [3.05, 3.63) is 29.8 Å². The van der Waals surface area contributed by atoms with Gasteiger partial charge in [0.2, 0.25) is 5.91 Å². The van der Waals surface area contributed by atoms with Crippen molar-refractivity contribution in [3.8, 4) is 5.75 Å². The van der Waals surface area contributed by atoms with Crippen molar-refractivity contribution in [1.29, 1.82) is 0 Å². The summed E-state index contributed by atoms with van der Waals surface area (Å²) in [5.74, 6) is 0.634. The van der Waals surface area contributed by atoms with Crippen LogP contribution in [-0.4, -0.2) is 34.9 Å². The van der Waals surface area contributed by atoms with Gasteiger partial charge in [0.15, 0.2) is 0 Å². The standard InChI is InChI=1S/C13H16ClNO2/c14-8-13(17)15-6-2-4-11(9-15)10-3-1-5-12(16)7-10/h1,3,5,7,11,16H,2,4,6,8-9H2/t11-/m1/s1. The molecule has 2 rings (SSSR count). The van der Waals surface area contributed by atoms with Gasteiger partial charge in [-0.15, -0.1) is 11.6 Å². The maximum absolute atomic E-state index is 11.6. The summed E-state index contributed by atoms with van der Waals surface area (Å²) in [6.07, 6.45) is 2.04. The van der Waals surface area contributed by atoms with Gasteiger partial charge in [0.25, 0.3) is 0 Å². The van der Waals surface area contributed by atoms with E-state index in [9.17, 15) is 9.90 Å². The summed E-state index contributed by atoms with van der Waals surface area (Å²) in [4.78, 5) is 13.4. The maximum atomic E-state index is 11.6. The van der Waals surface area contributed by atoms with Gasteiger partial charge in [0, 0.05) is 19.0 Å². The van der Waals surface area contributed by atoms with Crippen molar-refractivity contribution >= 4 is 17.5 Å². The number of halogens is 1. The summed E-state index contributed by atoms with van der Waals surface area (Å²) >= 11 is 5.57. The molecule has 1 aromatic rings.